The van der Waals surface area contributed by atoms with Crippen molar-refractivity contribution in [2.24, 2.45) is 0 Å². The molecular formula is C33H65IN+. The molecule has 0 bridgehead atoms. The van der Waals surface area contributed by atoms with Crippen LogP contribution in [0.1, 0.15) is 175 Å². The lowest BCUT2D eigenvalue weighted by atomic mass is 10.0. The second-order valence-corrected chi connectivity index (χ2v) is 12.8. The Labute approximate surface area is 237 Å². The SMILES string of the molecule is C#CC[N+](CCCCCCCCC)(CCCCCCCCC)C(I)CCCCCCCCCCC. The van der Waals surface area contributed by atoms with Crippen molar-refractivity contribution in [2.75, 3.05) is 19.6 Å². The maximum absolute atomic E-state index is 6.00. The van der Waals surface area contributed by atoms with E-state index in [9.17, 15) is 0 Å². The molecule has 208 valence electrons. The van der Waals surface area contributed by atoms with Crippen LogP contribution >= 0.6 is 22.6 Å². The van der Waals surface area contributed by atoms with Crippen molar-refractivity contribution in [3.8, 4) is 12.3 Å². The molecule has 0 aromatic carbocycles. The van der Waals surface area contributed by atoms with Crippen LogP contribution in [0.3, 0.4) is 0 Å². The maximum Gasteiger partial charge on any atom is 0.141 e. The molecule has 0 aliphatic rings. The third kappa shape index (κ3) is 20.9. The summed E-state index contributed by atoms with van der Waals surface area (Å²) < 4.78 is 1.88. The highest BCUT2D eigenvalue weighted by atomic mass is 127. The van der Waals surface area contributed by atoms with Crippen LogP contribution in [0.25, 0.3) is 0 Å². The van der Waals surface area contributed by atoms with E-state index in [1.54, 1.807) is 0 Å². The van der Waals surface area contributed by atoms with Crippen LogP contribution in [-0.2, 0) is 0 Å². The number of unbranched alkanes of at least 4 members (excludes halogenated alkanes) is 20. The summed E-state index contributed by atoms with van der Waals surface area (Å²) in [6.07, 6.45) is 39.7. The van der Waals surface area contributed by atoms with Crippen LogP contribution in [0.4, 0.5) is 0 Å². The van der Waals surface area contributed by atoms with E-state index < -0.39 is 0 Å². The molecule has 0 heterocycles. The van der Waals surface area contributed by atoms with Crippen molar-refractivity contribution in [1.82, 2.24) is 0 Å². The zero-order valence-electron chi connectivity index (χ0n) is 24.6. The first-order chi connectivity index (χ1) is 17.2. The molecule has 0 rings (SSSR count). The monoisotopic (exact) mass is 602 g/mol. The van der Waals surface area contributed by atoms with Crippen LogP contribution in [-0.4, -0.2) is 28.2 Å². The lowest BCUT2D eigenvalue weighted by molar-refractivity contribution is -0.928. The molecular weight excluding hydrogens is 537 g/mol. The van der Waals surface area contributed by atoms with Gasteiger partial charge in [0.25, 0.3) is 0 Å². The Hall–Kier alpha value is 0.250. The van der Waals surface area contributed by atoms with Crippen LogP contribution in [0, 0.1) is 12.3 Å². The Bertz CT molecular complexity index is 437. The predicted octanol–water partition coefficient (Wildman–Crippen LogP) is 11.6. The second-order valence-electron chi connectivity index (χ2n) is 11.3. The summed E-state index contributed by atoms with van der Waals surface area (Å²) in [4.78, 5) is 0. The molecule has 0 aliphatic heterocycles. The minimum atomic E-state index is 0.688. The number of rotatable bonds is 28. The van der Waals surface area contributed by atoms with Gasteiger partial charge in [0.1, 0.15) is 10.6 Å². The highest BCUT2D eigenvalue weighted by molar-refractivity contribution is 14.1. The van der Waals surface area contributed by atoms with E-state index in [4.69, 9.17) is 6.42 Å². The predicted molar refractivity (Wildman–Crippen MR) is 169 cm³/mol. The quantitative estimate of drug-likeness (QED) is 0.0209. The lowest BCUT2D eigenvalue weighted by Gasteiger charge is -2.42. The van der Waals surface area contributed by atoms with Gasteiger partial charge in [-0.3, -0.25) is 0 Å². The maximum atomic E-state index is 6.00. The Kier molecular flexibility index (Phi) is 27.5. The van der Waals surface area contributed by atoms with Crippen LogP contribution in [0.15, 0.2) is 0 Å². The molecule has 0 saturated heterocycles. The Balaban J connectivity index is 4.57. The summed E-state index contributed by atoms with van der Waals surface area (Å²) in [5.74, 6) is 3.13. The molecule has 0 saturated carbocycles. The van der Waals surface area contributed by atoms with E-state index >= 15 is 0 Å². The average Bonchev–Trinajstić information content (AvgIpc) is 2.86. The molecule has 0 radical (unpaired) electrons. The zero-order valence-corrected chi connectivity index (χ0v) is 26.7. The minimum Gasteiger partial charge on any atom is -0.303 e. The van der Waals surface area contributed by atoms with E-state index in [0.29, 0.717) is 4.05 Å². The minimum absolute atomic E-state index is 0.688. The topological polar surface area (TPSA) is 0 Å². The number of nitrogens with zero attached hydrogens (tertiary/aromatic N) is 1. The zero-order chi connectivity index (χ0) is 25.9. The van der Waals surface area contributed by atoms with Crippen LogP contribution in [0.2, 0.25) is 0 Å². The van der Waals surface area contributed by atoms with Crippen molar-refractivity contribution in [2.45, 2.75) is 179 Å². The Morgan fingerprint density at radius 1 is 0.514 bits per heavy atom. The van der Waals surface area contributed by atoms with Crippen molar-refractivity contribution in [1.29, 1.82) is 0 Å². The molecule has 1 nitrogen and oxygen atoms in total. The van der Waals surface area contributed by atoms with Gasteiger partial charge in [0.05, 0.1) is 13.1 Å². The van der Waals surface area contributed by atoms with Gasteiger partial charge in [0, 0.05) is 6.42 Å². The van der Waals surface area contributed by atoms with Crippen molar-refractivity contribution >= 4 is 22.6 Å². The summed E-state index contributed by atoms with van der Waals surface area (Å²) >= 11 is 2.80. The van der Waals surface area contributed by atoms with E-state index in [-0.39, 0.29) is 0 Å². The van der Waals surface area contributed by atoms with E-state index in [2.05, 4.69) is 49.3 Å². The number of hydrogen-bond donors (Lipinski definition) is 0. The Morgan fingerprint density at radius 2 is 0.829 bits per heavy atom. The molecule has 0 fully saturated rings. The summed E-state index contributed by atoms with van der Waals surface area (Å²) in [5.41, 5.74) is 0. The molecule has 0 aromatic heterocycles. The van der Waals surface area contributed by atoms with Crippen molar-refractivity contribution in [3.63, 3.8) is 0 Å². The second kappa shape index (κ2) is 27.3. The third-order valence-corrected chi connectivity index (χ3v) is 9.76. The molecule has 1 atom stereocenters. The van der Waals surface area contributed by atoms with Gasteiger partial charge in [0.15, 0.2) is 0 Å². The number of quaternary nitrogens is 1. The summed E-state index contributed by atoms with van der Waals surface area (Å²) in [7, 11) is 0. The van der Waals surface area contributed by atoms with Crippen LogP contribution < -0.4 is 0 Å². The lowest BCUT2D eigenvalue weighted by Crippen LogP contribution is -2.54. The number of terminal acetylenes is 1. The number of halogens is 1. The molecule has 2 heteroatoms. The number of hydrogen-bond acceptors (Lipinski definition) is 0. The standard InChI is InChI=1S/C33H65IN/c1-5-9-12-15-18-19-20-23-26-29-33(34)35(30-8-4,31-27-24-21-16-13-10-6-2)32-28-25-22-17-14-11-7-3/h4,33H,5-7,9-32H2,1-3H3/q+1. The largest absolute Gasteiger partial charge is 0.303 e. The van der Waals surface area contributed by atoms with Gasteiger partial charge in [-0.05, 0) is 60.6 Å². The summed E-state index contributed by atoms with van der Waals surface area (Å²) in [5, 5.41) is 0. The molecule has 0 spiro atoms. The summed E-state index contributed by atoms with van der Waals surface area (Å²) in [6, 6.07) is 0. The van der Waals surface area contributed by atoms with Gasteiger partial charge < -0.3 is 4.48 Å². The first-order valence-corrected chi connectivity index (χ1v) is 17.3. The van der Waals surface area contributed by atoms with Crippen molar-refractivity contribution in [3.05, 3.63) is 0 Å². The highest BCUT2D eigenvalue weighted by Gasteiger charge is 2.33. The molecule has 0 aliphatic carbocycles. The fourth-order valence-corrected chi connectivity index (χ4v) is 6.69. The van der Waals surface area contributed by atoms with Gasteiger partial charge in [-0.1, -0.05) is 136 Å². The van der Waals surface area contributed by atoms with Gasteiger partial charge in [0.2, 0.25) is 0 Å². The molecule has 0 amide bonds. The van der Waals surface area contributed by atoms with Crippen LogP contribution in [0.5, 0.6) is 0 Å². The smallest absolute Gasteiger partial charge is 0.141 e. The first kappa shape index (κ1) is 35.2. The first-order valence-electron chi connectivity index (χ1n) is 16.1. The van der Waals surface area contributed by atoms with E-state index in [0.717, 1.165) is 6.54 Å². The highest BCUT2D eigenvalue weighted by Crippen LogP contribution is 2.28. The van der Waals surface area contributed by atoms with Gasteiger partial charge in [-0.15, -0.1) is 6.42 Å². The molecule has 0 aromatic rings. The molecule has 0 N–H and O–H groups in total. The fourth-order valence-electron chi connectivity index (χ4n) is 5.50. The van der Waals surface area contributed by atoms with Crippen molar-refractivity contribution < 1.29 is 4.48 Å². The third-order valence-electron chi connectivity index (χ3n) is 7.96. The normalized spacial score (nSPS) is 12.7. The van der Waals surface area contributed by atoms with Gasteiger partial charge in [-0.25, -0.2) is 0 Å². The van der Waals surface area contributed by atoms with Gasteiger partial charge in [-0.2, -0.15) is 0 Å². The molecule has 1 unspecified atom stereocenters. The average molecular weight is 603 g/mol. The number of alkyl halides is 1. The van der Waals surface area contributed by atoms with Gasteiger partial charge >= 0.3 is 0 Å². The van der Waals surface area contributed by atoms with E-state index in [1.165, 1.54) is 172 Å². The summed E-state index contributed by atoms with van der Waals surface area (Å²) in [6.45, 7) is 10.5. The molecule has 35 heavy (non-hydrogen) atoms. The fraction of sp³-hybridized carbons (Fsp3) is 0.939. The van der Waals surface area contributed by atoms with E-state index in [1.807, 2.05) is 0 Å². The Morgan fingerprint density at radius 3 is 1.17 bits per heavy atom.